The minimum Gasteiger partial charge on any atom is -0.460 e. The van der Waals surface area contributed by atoms with Crippen LogP contribution in [-0.2, 0) is 23.4 Å². The summed E-state index contributed by atoms with van der Waals surface area (Å²) in [5, 5.41) is 2.80. The van der Waals surface area contributed by atoms with Gasteiger partial charge in [0.25, 0.3) is 6.47 Å². The topological polar surface area (TPSA) is 94.1 Å². The molecule has 0 bridgehead atoms. The monoisotopic (exact) mass is 493 g/mol. The highest BCUT2D eigenvalue weighted by Gasteiger charge is 2.22. The summed E-state index contributed by atoms with van der Waals surface area (Å²) in [5.74, 6) is 0. The summed E-state index contributed by atoms with van der Waals surface area (Å²) in [5.41, 5.74) is 0. The number of nitrogens with one attached hydrogen (secondary N) is 1. The standard InChI is InChI=1S/C25H52NO6P/c1-3-4-5-6-7-8-9-10-11-12-13-14-15-16-17-18-20-30-22-25(31-24-27)23-32-33(28,29)21-19-26-2/h24-26H,3-23H2,1-2H3,(H,28,29). The Balaban J connectivity index is 3.47. The second-order valence-electron chi connectivity index (χ2n) is 8.99. The largest absolute Gasteiger partial charge is 0.460 e. The van der Waals surface area contributed by atoms with Crippen molar-refractivity contribution < 1.29 is 28.3 Å². The average Bonchev–Trinajstić information content (AvgIpc) is 2.80. The number of hydrogen-bond donors (Lipinski definition) is 2. The molecule has 0 fully saturated rings. The predicted octanol–water partition coefficient (Wildman–Crippen LogP) is 6.23. The Bertz CT molecular complexity index is 466. The van der Waals surface area contributed by atoms with E-state index in [0.717, 1.165) is 12.8 Å². The first-order valence-corrected chi connectivity index (χ1v) is 15.1. The van der Waals surface area contributed by atoms with Gasteiger partial charge in [0.15, 0.2) is 0 Å². The summed E-state index contributed by atoms with van der Waals surface area (Å²) in [4.78, 5) is 20.3. The molecule has 0 aliphatic heterocycles. The molecule has 0 aliphatic rings. The molecule has 198 valence electrons. The zero-order valence-electron chi connectivity index (χ0n) is 21.4. The number of rotatable bonds is 27. The lowest BCUT2D eigenvalue weighted by molar-refractivity contribution is -0.138. The van der Waals surface area contributed by atoms with Crippen LogP contribution in [0.4, 0.5) is 0 Å². The predicted molar refractivity (Wildman–Crippen MR) is 136 cm³/mol. The van der Waals surface area contributed by atoms with Crippen LogP contribution < -0.4 is 5.32 Å². The Hall–Kier alpha value is -0.460. The quantitative estimate of drug-likeness (QED) is 0.0796. The number of hydrogen-bond acceptors (Lipinski definition) is 6. The molecule has 0 rings (SSSR count). The van der Waals surface area contributed by atoms with Gasteiger partial charge >= 0.3 is 7.60 Å². The molecule has 0 aromatic heterocycles. The van der Waals surface area contributed by atoms with Crippen molar-refractivity contribution in [2.24, 2.45) is 0 Å². The van der Waals surface area contributed by atoms with Crippen LogP contribution in [0.1, 0.15) is 110 Å². The van der Waals surface area contributed by atoms with Crippen molar-refractivity contribution in [2.45, 2.75) is 116 Å². The molecule has 7 nitrogen and oxygen atoms in total. The van der Waals surface area contributed by atoms with Gasteiger partial charge in [0, 0.05) is 13.2 Å². The van der Waals surface area contributed by atoms with E-state index in [4.69, 9.17) is 14.0 Å². The molecule has 0 aromatic carbocycles. The highest BCUT2D eigenvalue weighted by atomic mass is 31.2. The third kappa shape index (κ3) is 24.5. The van der Waals surface area contributed by atoms with E-state index in [1.54, 1.807) is 7.05 Å². The molecular formula is C25H52NO6P. The summed E-state index contributed by atoms with van der Waals surface area (Å²) in [7, 11) is -1.98. The van der Waals surface area contributed by atoms with Gasteiger partial charge < -0.3 is 24.2 Å². The second kappa shape index (κ2) is 24.7. The van der Waals surface area contributed by atoms with Crippen molar-refractivity contribution in [2.75, 3.05) is 39.6 Å². The van der Waals surface area contributed by atoms with Gasteiger partial charge in [-0.2, -0.15) is 0 Å². The molecule has 0 radical (unpaired) electrons. The molecule has 0 amide bonds. The minimum absolute atomic E-state index is 0.0113. The molecule has 0 saturated carbocycles. The highest BCUT2D eigenvalue weighted by molar-refractivity contribution is 7.52. The Labute approximate surface area is 203 Å². The lowest BCUT2D eigenvalue weighted by atomic mass is 10.0. The van der Waals surface area contributed by atoms with Gasteiger partial charge in [0.2, 0.25) is 0 Å². The molecule has 0 heterocycles. The Kier molecular flexibility index (Phi) is 24.3. The van der Waals surface area contributed by atoms with Gasteiger partial charge in [-0.15, -0.1) is 0 Å². The molecule has 0 spiro atoms. The van der Waals surface area contributed by atoms with E-state index < -0.39 is 13.7 Å². The lowest BCUT2D eigenvalue weighted by Gasteiger charge is -2.18. The summed E-state index contributed by atoms with van der Waals surface area (Å²) in [6.45, 7) is 3.59. The van der Waals surface area contributed by atoms with Gasteiger partial charge in [0.1, 0.15) is 6.10 Å². The first-order chi connectivity index (χ1) is 16.1. The number of carbonyl (C=O) groups excluding carboxylic acids is 1. The van der Waals surface area contributed by atoms with Gasteiger partial charge in [0.05, 0.1) is 19.4 Å². The van der Waals surface area contributed by atoms with Gasteiger partial charge in [-0.3, -0.25) is 9.36 Å². The van der Waals surface area contributed by atoms with Crippen LogP contribution in [0.3, 0.4) is 0 Å². The van der Waals surface area contributed by atoms with Crippen molar-refractivity contribution >= 4 is 14.1 Å². The number of carbonyl (C=O) groups is 1. The van der Waals surface area contributed by atoms with Crippen LogP contribution in [0.5, 0.6) is 0 Å². The molecule has 2 N–H and O–H groups in total. The van der Waals surface area contributed by atoms with Crippen molar-refractivity contribution in [3.8, 4) is 0 Å². The second-order valence-corrected chi connectivity index (χ2v) is 11.0. The zero-order valence-corrected chi connectivity index (χ0v) is 22.3. The molecule has 2 atom stereocenters. The SMILES string of the molecule is CCCCCCCCCCCCCCCCCCOCC(COP(=O)(O)CCNC)OC=O. The van der Waals surface area contributed by atoms with Gasteiger partial charge in [-0.05, 0) is 13.5 Å². The summed E-state index contributed by atoms with van der Waals surface area (Å²) in [6.07, 6.45) is 20.6. The van der Waals surface area contributed by atoms with Crippen molar-refractivity contribution in [3.05, 3.63) is 0 Å². The molecule has 8 heteroatoms. The lowest BCUT2D eigenvalue weighted by Crippen LogP contribution is -2.26. The van der Waals surface area contributed by atoms with Crippen LogP contribution in [0.15, 0.2) is 0 Å². The van der Waals surface area contributed by atoms with Crippen molar-refractivity contribution in [1.82, 2.24) is 5.32 Å². The zero-order chi connectivity index (χ0) is 24.5. The molecular weight excluding hydrogens is 441 g/mol. The summed E-state index contributed by atoms with van der Waals surface area (Å²) >= 11 is 0. The van der Waals surface area contributed by atoms with Crippen molar-refractivity contribution in [3.63, 3.8) is 0 Å². The maximum absolute atomic E-state index is 11.8. The first kappa shape index (κ1) is 32.5. The van der Waals surface area contributed by atoms with Crippen LogP contribution in [0.2, 0.25) is 0 Å². The average molecular weight is 494 g/mol. The molecule has 2 unspecified atom stereocenters. The van der Waals surface area contributed by atoms with Crippen LogP contribution in [0.25, 0.3) is 0 Å². The van der Waals surface area contributed by atoms with Crippen molar-refractivity contribution in [1.29, 1.82) is 0 Å². The fourth-order valence-corrected chi connectivity index (χ4v) is 4.72. The molecule has 0 aromatic rings. The van der Waals surface area contributed by atoms with Gasteiger partial charge in [-0.1, -0.05) is 103 Å². The molecule has 0 saturated heterocycles. The summed E-state index contributed by atoms with van der Waals surface area (Å²) in [6, 6.07) is 0. The highest BCUT2D eigenvalue weighted by Crippen LogP contribution is 2.41. The van der Waals surface area contributed by atoms with E-state index >= 15 is 0 Å². The Morgan fingerprint density at radius 1 is 0.818 bits per heavy atom. The number of ether oxygens (including phenoxy) is 2. The minimum atomic E-state index is -3.68. The van der Waals surface area contributed by atoms with E-state index in [1.807, 2.05) is 0 Å². The van der Waals surface area contributed by atoms with Crippen LogP contribution in [0, 0.1) is 0 Å². The third-order valence-electron chi connectivity index (χ3n) is 5.80. The fraction of sp³-hybridized carbons (Fsp3) is 0.960. The maximum atomic E-state index is 11.8. The molecule has 0 aliphatic carbocycles. The number of unbranched alkanes of at least 4 members (excludes halogenated alkanes) is 15. The molecule has 33 heavy (non-hydrogen) atoms. The van der Waals surface area contributed by atoms with E-state index in [0.29, 0.717) is 19.6 Å². The van der Waals surface area contributed by atoms with Gasteiger partial charge in [-0.25, -0.2) is 0 Å². The smallest absolute Gasteiger partial charge is 0.329 e. The van der Waals surface area contributed by atoms with Crippen LogP contribution >= 0.6 is 7.60 Å². The maximum Gasteiger partial charge on any atom is 0.329 e. The summed E-state index contributed by atoms with van der Waals surface area (Å²) < 4.78 is 27.3. The van der Waals surface area contributed by atoms with E-state index in [2.05, 4.69) is 12.2 Å². The van der Waals surface area contributed by atoms with Crippen LogP contribution in [-0.4, -0.2) is 57.0 Å². The first-order valence-electron chi connectivity index (χ1n) is 13.3. The van der Waals surface area contributed by atoms with E-state index in [1.165, 1.54) is 89.9 Å². The normalized spacial score (nSPS) is 14.2. The third-order valence-corrected chi connectivity index (χ3v) is 7.14. The van der Waals surface area contributed by atoms with E-state index in [-0.39, 0.29) is 19.4 Å². The Morgan fingerprint density at radius 3 is 1.76 bits per heavy atom. The Morgan fingerprint density at radius 2 is 1.30 bits per heavy atom. The van der Waals surface area contributed by atoms with E-state index in [9.17, 15) is 14.3 Å². The fourth-order valence-electron chi connectivity index (χ4n) is 3.69.